The van der Waals surface area contributed by atoms with E-state index in [1.165, 1.54) is 5.56 Å². The smallest absolute Gasteiger partial charge is 0.409 e. The molecular weight excluding hydrogens is 286 g/mol. The van der Waals surface area contributed by atoms with Crippen LogP contribution in [-0.2, 0) is 0 Å². The zero-order valence-corrected chi connectivity index (χ0v) is 12.8. The van der Waals surface area contributed by atoms with E-state index in [2.05, 4.69) is 41.7 Å². The van der Waals surface area contributed by atoms with Gasteiger partial charge in [0.15, 0.2) is 0 Å². The highest BCUT2D eigenvalue weighted by Crippen LogP contribution is 2.27. The summed E-state index contributed by atoms with van der Waals surface area (Å²) in [5, 5.41) is 11.3. The Kier molecular flexibility index (Phi) is 4.11. The van der Waals surface area contributed by atoms with E-state index in [9.17, 15) is 4.79 Å². The van der Waals surface area contributed by atoms with Crippen LogP contribution in [-0.4, -0.2) is 11.2 Å². The first-order valence-corrected chi connectivity index (χ1v) is 7.39. The molecule has 2 N–H and O–H groups in total. The standard InChI is InChI=1S/C20H17NO2/c1-14-11-18(13-19(12-14)21-20(22)23)17-9-7-16(8-10-17)15-5-3-2-4-6-15/h2-13,21H,1H3,(H,22,23). The lowest BCUT2D eigenvalue weighted by Gasteiger charge is -2.09. The van der Waals surface area contributed by atoms with E-state index in [0.29, 0.717) is 5.69 Å². The van der Waals surface area contributed by atoms with Gasteiger partial charge in [-0.05, 0) is 46.9 Å². The van der Waals surface area contributed by atoms with E-state index < -0.39 is 6.09 Å². The van der Waals surface area contributed by atoms with Crippen molar-refractivity contribution in [2.45, 2.75) is 6.92 Å². The highest BCUT2D eigenvalue weighted by atomic mass is 16.4. The average molecular weight is 303 g/mol. The Morgan fingerprint density at radius 2 is 1.35 bits per heavy atom. The molecule has 3 rings (SSSR count). The Balaban J connectivity index is 1.93. The normalized spacial score (nSPS) is 10.3. The second kappa shape index (κ2) is 6.36. The molecule has 0 aliphatic heterocycles. The number of carboxylic acid groups (broad SMARTS) is 1. The van der Waals surface area contributed by atoms with Crippen molar-refractivity contribution >= 4 is 11.8 Å². The molecule has 1 amide bonds. The molecule has 23 heavy (non-hydrogen) atoms. The van der Waals surface area contributed by atoms with E-state index in [1.807, 2.05) is 43.3 Å². The first-order valence-electron chi connectivity index (χ1n) is 7.39. The summed E-state index contributed by atoms with van der Waals surface area (Å²) in [6.07, 6.45) is -1.05. The van der Waals surface area contributed by atoms with Crippen LogP contribution >= 0.6 is 0 Å². The fraction of sp³-hybridized carbons (Fsp3) is 0.0500. The summed E-state index contributed by atoms with van der Waals surface area (Å²) < 4.78 is 0. The minimum Gasteiger partial charge on any atom is -0.465 e. The molecule has 0 unspecified atom stereocenters. The third kappa shape index (κ3) is 3.58. The number of rotatable bonds is 3. The summed E-state index contributed by atoms with van der Waals surface area (Å²) in [6.45, 7) is 1.95. The molecule has 0 spiro atoms. The number of anilines is 1. The summed E-state index contributed by atoms with van der Waals surface area (Å²) in [6, 6.07) is 24.2. The van der Waals surface area contributed by atoms with Gasteiger partial charge >= 0.3 is 6.09 Å². The Labute approximate surface area is 135 Å². The van der Waals surface area contributed by atoms with Crippen LogP contribution in [0.25, 0.3) is 22.3 Å². The summed E-state index contributed by atoms with van der Waals surface area (Å²) in [5.41, 5.74) is 5.98. The van der Waals surface area contributed by atoms with Gasteiger partial charge in [0.05, 0.1) is 0 Å². The second-order valence-electron chi connectivity index (χ2n) is 5.46. The second-order valence-corrected chi connectivity index (χ2v) is 5.46. The minimum absolute atomic E-state index is 0.583. The van der Waals surface area contributed by atoms with Crippen molar-refractivity contribution in [1.29, 1.82) is 0 Å². The first kappa shape index (κ1) is 14.9. The lowest BCUT2D eigenvalue weighted by Crippen LogP contribution is -2.07. The zero-order valence-electron chi connectivity index (χ0n) is 12.8. The van der Waals surface area contributed by atoms with Gasteiger partial charge in [-0.2, -0.15) is 0 Å². The SMILES string of the molecule is Cc1cc(NC(=O)O)cc(-c2ccc(-c3ccccc3)cc2)c1. The van der Waals surface area contributed by atoms with Gasteiger partial charge in [-0.15, -0.1) is 0 Å². The molecule has 0 saturated heterocycles. The largest absolute Gasteiger partial charge is 0.465 e. The van der Waals surface area contributed by atoms with Gasteiger partial charge in [-0.3, -0.25) is 5.32 Å². The van der Waals surface area contributed by atoms with Crippen molar-refractivity contribution < 1.29 is 9.90 Å². The molecule has 0 bridgehead atoms. The fourth-order valence-corrected chi connectivity index (χ4v) is 2.63. The number of benzene rings is 3. The van der Waals surface area contributed by atoms with E-state index in [4.69, 9.17) is 5.11 Å². The van der Waals surface area contributed by atoms with Gasteiger partial charge in [-0.1, -0.05) is 60.7 Å². The molecule has 3 aromatic rings. The van der Waals surface area contributed by atoms with Crippen molar-refractivity contribution in [2.24, 2.45) is 0 Å². The number of nitrogens with one attached hydrogen (secondary N) is 1. The topological polar surface area (TPSA) is 49.3 Å². The molecule has 0 radical (unpaired) electrons. The van der Waals surface area contributed by atoms with Gasteiger partial charge in [0.25, 0.3) is 0 Å². The van der Waals surface area contributed by atoms with Gasteiger partial charge in [-0.25, -0.2) is 4.79 Å². The molecule has 3 aromatic carbocycles. The van der Waals surface area contributed by atoms with Crippen LogP contribution in [0.4, 0.5) is 10.5 Å². The van der Waals surface area contributed by atoms with Gasteiger partial charge in [0.1, 0.15) is 0 Å². The maximum Gasteiger partial charge on any atom is 0.409 e. The van der Waals surface area contributed by atoms with Crippen LogP contribution in [0.1, 0.15) is 5.56 Å². The molecule has 0 fully saturated rings. The predicted octanol–water partition coefficient (Wildman–Crippen LogP) is 5.42. The Hall–Kier alpha value is -3.07. The van der Waals surface area contributed by atoms with Crippen molar-refractivity contribution in [3.63, 3.8) is 0 Å². The monoisotopic (exact) mass is 303 g/mol. The van der Waals surface area contributed by atoms with Crippen LogP contribution in [0.5, 0.6) is 0 Å². The van der Waals surface area contributed by atoms with Crippen molar-refractivity contribution in [3.8, 4) is 22.3 Å². The van der Waals surface area contributed by atoms with Crippen LogP contribution in [0, 0.1) is 6.92 Å². The fourth-order valence-electron chi connectivity index (χ4n) is 2.63. The molecule has 114 valence electrons. The third-order valence-electron chi connectivity index (χ3n) is 3.65. The molecule has 0 aliphatic carbocycles. The summed E-state index contributed by atoms with van der Waals surface area (Å²) in [4.78, 5) is 10.8. The number of hydrogen-bond acceptors (Lipinski definition) is 1. The zero-order chi connectivity index (χ0) is 16.2. The molecular formula is C20H17NO2. The maximum atomic E-state index is 10.8. The molecule has 3 heteroatoms. The molecule has 0 saturated carbocycles. The van der Waals surface area contributed by atoms with Crippen LogP contribution in [0.2, 0.25) is 0 Å². The minimum atomic E-state index is -1.05. The predicted molar refractivity (Wildman–Crippen MR) is 93.7 cm³/mol. The van der Waals surface area contributed by atoms with Crippen LogP contribution in [0.15, 0.2) is 72.8 Å². The Bertz CT molecular complexity index is 824. The van der Waals surface area contributed by atoms with Crippen LogP contribution < -0.4 is 5.32 Å². The number of carbonyl (C=O) groups is 1. The van der Waals surface area contributed by atoms with E-state index in [-0.39, 0.29) is 0 Å². The first-order chi connectivity index (χ1) is 11.1. The number of hydrogen-bond donors (Lipinski definition) is 2. The maximum absolute atomic E-state index is 10.8. The molecule has 0 aliphatic rings. The van der Waals surface area contributed by atoms with Crippen LogP contribution in [0.3, 0.4) is 0 Å². The highest BCUT2D eigenvalue weighted by Gasteiger charge is 2.05. The van der Waals surface area contributed by atoms with Crippen molar-refractivity contribution in [2.75, 3.05) is 5.32 Å². The Morgan fingerprint density at radius 1 is 0.783 bits per heavy atom. The summed E-state index contributed by atoms with van der Waals surface area (Å²) in [7, 11) is 0. The molecule has 0 aromatic heterocycles. The Morgan fingerprint density at radius 3 is 1.96 bits per heavy atom. The van der Waals surface area contributed by atoms with E-state index >= 15 is 0 Å². The summed E-state index contributed by atoms with van der Waals surface area (Å²) in [5.74, 6) is 0. The highest BCUT2D eigenvalue weighted by molar-refractivity contribution is 5.85. The molecule has 0 heterocycles. The lowest BCUT2D eigenvalue weighted by atomic mass is 9.99. The quantitative estimate of drug-likeness (QED) is 0.679. The number of aryl methyl sites for hydroxylation is 1. The lowest BCUT2D eigenvalue weighted by molar-refractivity contribution is 0.210. The van der Waals surface area contributed by atoms with Crippen molar-refractivity contribution in [3.05, 3.63) is 78.4 Å². The van der Waals surface area contributed by atoms with Gasteiger partial charge in [0, 0.05) is 5.69 Å². The third-order valence-corrected chi connectivity index (χ3v) is 3.65. The average Bonchev–Trinajstić information content (AvgIpc) is 2.55. The van der Waals surface area contributed by atoms with Crippen molar-refractivity contribution in [1.82, 2.24) is 0 Å². The van der Waals surface area contributed by atoms with E-state index in [1.54, 1.807) is 0 Å². The molecule has 0 atom stereocenters. The number of amides is 1. The van der Waals surface area contributed by atoms with E-state index in [0.717, 1.165) is 22.3 Å². The van der Waals surface area contributed by atoms with Gasteiger partial charge < -0.3 is 5.11 Å². The molecule has 3 nitrogen and oxygen atoms in total. The van der Waals surface area contributed by atoms with Gasteiger partial charge in [0.2, 0.25) is 0 Å². The summed E-state index contributed by atoms with van der Waals surface area (Å²) >= 11 is 0.